The first kappa shape index (κ1) is 13.0. The molecule has 1 aromatic heterocycles. The smallest absolute Gasteiger partial charge is 0.197 e. The fourth-order valence-corrected chi connectivity index (χ4v) is 2.09. The Morgan fingerprint density at radius 2 is 2.28 bits per heavy atom. The predicted molar refractivity (Wildman–Crippen MR) is 70.1 cm³/mol. The second-order valence-electron chi connectivity index (χ2n) is 3.95. The Morgan fingerprint density at radius 1 is 1.50 bits per heavy atom. The second kappa shape index (κ2) is 5.44. The Hall–Kier alpha value is -1.49. The summed E-state index contributed by atoms with van der Waals surface area (Å²) in [5.41, 5.74) is 0.779. The molecule has 0 aliphatic rings. The number of carbonyl (C=O) groups excluding carboxylic acids is 1. The highest BCUT2D eigenvalue weighted by molar-refractivity contribution is 9.10. The fourth-order valence-electron chi connectivity index (χ4n) is 1.66. The van der Waals surface area contributed by atoms with Crippen LogP contribution in [0.4, 0.5) is 4.39 Å². The molecule has 1 heterocycles. The molecule has 0 spiro atoms. The number of aromatic nitrogens is 2. The van der Waals surface area contributed by atoms with Crippen molar-refractivity contribution in [2.45, 2.75) is 19.9 Å². The van der Waals surface area contributed by atoms with Gasteiger partial charge in [-0.3, -0.25) is 9.48 Å². The second-order valence-corrected chi connectivity index (χ2v) is 4.80. The summed E-state index contributed by atoms with van der Waals surface area (Å²) in [5, 5.41) is 4.09. The van der Waals surface area contributed by atoms with E-state index in [9.17, 15) is 9.18 Å². The van der Waals surface area contributed by atoms with Crippen molar-refractivity contribution in [1.29, 1.82) is 0 Å². The van der Waals surface area contributed by atoms with Crippen LogP contribution in [0.5, 0.6) is 0 Å². The molecular formula is C13H12BrFN2O. The van der Waals surface area contributed by atoms with Crippen molar-refractivity contribution < 1.29 is 9.18 Å². The molecule has 0 amide bonds. The van der Waals surface area contributed by atoms with Gasteiger partial charge in [0.05, 0.1) is 11.8 Å². The lowest BCUT2D eigenvalue weighted by molar-refractivity contribution is 0.103. The van der Waals surface area contributed by atoms with Crippen molar-refractivity contribution in [3.63, 3.8) is 0 Å². The van der Waals surface area contributed by atoms with Gasteiger partial charge in [-0.1, -0.05) is 22.9 Å². The Bertz CT molecular complexity index is 580. The van der Waals surface area contributed by atoms with Gasteiger partial charge in [0.15, 0.2) is 5.78 Å². The van der Waals surface area contributed by atoms with E-state index in [2.05, 4.69) is 21.0 Å². The highest BCUT2D eigenvalue weighted by atomic mass is 79.9. The van der Waals surface area contributed by atoms with Crippen molar-refractivity contribution in [3.05, 3.63) is 52.0 Å². The Morgan fingerprint density at radius 3 is 3.00 bits per heavy atom. The fraction of sp³-hybridized carbons (Fsp3) is 0.231. The minimum absolute atomic E-state index is 0.233. The van der Waals surface area contributed by atoms with Crippen molar-refractivity contribution in [1.82, 2.24) is 9.78 Å². The van der Waals surface area contributed by atoms with Gasteiger partial charge in [-0.2, -0.15) is 5.10 Å². The first-order chi connectivity index (χ1) is 8.61. The molecule has 5 heteroatoms. The molecule has 0 unspecified atom stereocenters. The molecule has 2 aromatic rings. The van der Waals surface area contributed by atoms with Gasteiger partial charge in [0.1, 0.15) is 5.82 Å². The van der Waals surface area contributed by atoms with E-state index in [1.165, 1.54) is 24.4 Å². The molecule has 0 atom stereocenters. The number of hydrogen-bond donors (Lipinski definition) is 0. The van der Waals surface area contributed by atoms with Crippen LogP contribution in [0.3, 0.4) is 0 Å². The van der Waals surface area contributed by atoms with E-state index in [-0.39, 0.29) is 5.78 Å². The quantitative estimate of drug-likeness (QED) is 0.811. The number of halogens is 2. The summed E-state index contributed by atoms with van der Waals surface area (Å²) in [5.74, 6) is -0.661. The third-order valence-electron chi connectivity index (χ3n) is 2.52. The Labute approximate surface area is 113 Å². The molecule has 1 aromatic carbocycles. The van der Waals surface area contributed by atoms with E-state index in [0.717, 1.165) is 13.0 Å². The van der Waals surface area contributed by atoms with Crippen LogP contribution in [0, 0.1) is 5.82 Å². The lowest BCUT2D eigenvalue weighted by atomic mass is 10.1. The molecule has 0 aliphatic heterocycles. The monoisotopic (exact) mass is 310 g/mol. The predicted octanol–water partition coefficient (Wildman–Crippen LogP) is 3.43. The lowest BCUT2D eigenvalue weighted by Crippen LogP contribution is -2.02. The Balaban J connectivity index is 2.32. The normalized spacial score (nSPS) is 10.6. The van der Waals surface area contributed by atoms with E-state index in [1.54, 1.807) is 10.9 Å². The number of hydrogen-bond acceptors (Lipinski definition) is 2. The number of aryl methyl sites for hydroxylation is 1. The van der Waals surface area contributed by atoms with Crippen molar-refractivity contribution in [2.75, 3.05) is 0 Å². The summed E-state index contributed by atoms with van der Waals surface area (Å²) >= 11 is 3.25. The zero-order valence-electron chi connectivity index (χ0n) is 9.86. The summed E-state index contributed by atoms with van der Waals surface area (Å²) < 4.78 is 15.4. The first-order valence-electron chi connectivity index (χ1n) is 5.64. The van der Waals surface area contributed by atoms with Crippen LogP contribution >= 0.6 is 15.9 Å². The van der Waals surface area contributed by atoms with E-state index in [4.69, 9.17) is 0 Å². The van der Waals surface area contributed by atoms with Crippen molar-refractivity contribution in [3.8, 4) is 0 Å². The van der Waals surface area contributed by atoms with Crippen LogP contribution in [0.25, 0.3) is 0 Å². The summed E-state index contributed by atoms with van der Waals surface area (Å²) in [7, 11) is 0. The zero-order chi connectivity index (χ0) is 13.1. The summed E-state index contributed by atoms with van der Waals surface area (Å²) in [6.45, 7) is 2.80. The van der Waals surface area contributed by atoms with E-state index < -0.39 is 5.82 Å². The number of nitrogens with zero attached hydrogens (tertiary/aromatic N) is 2. The zero-order valence-corrected chi connectivity index (χ0v) is 11.4. The maximum absolute atomic E-state index is 13.2. The molecule has 0 fully saturated rings. The van der Waals surface area contributed by atoms with Crippen LogP contribution in [0.1, 0.15) is 29.3 Å². The average Bonchev–Trinajstić information content (AvgIpc) is 2.80. The molecule has 2 rings (SSSR count). The number of benzene rings is 1. The van der Waals surface area contributed by atoms with Gasteiger partial charge in [0.2, 0.25) is 0 Å². The summed E-state index contributed by atoms with van der Waals surface area (Å²) in [6, 6.07) is 4.06. The molecule has 0 radical (unpaired) electrons. The molecule has 0 saturated carbocycles. The molecule has 0 N–H and O–H groups in total. The maximum Gasteiger partial charge on any atom is 0.197 e. The van der Waals surface area contributed by atoms with E-state index in [0.29, 0.717) is 15.6 Å². The van der Waals surface area contributed by atoms with Gasteiger partial charge < -0.3 is 0 Å². The van der Waals surface area contributed by atoms with Gasteiger partial charge in [0, 0.05) is 22.8 Å². The third-order valence-corrected chi connectivity index (χ3v) is 3.21. The van der Waals surface area contributed by atoms with E-state index in [1.807, 2.05) is 6.92 Å². The van der Waals surface area contributed by atoms with Crippen LogP contribution in [-0.2, 0) is 6.54 Å². The minimum atomic E-state index is -0.428. The lowest BCUT2D eigenvalue weighted by Gasteiger charge is -2.01. The van der Waals surface area contributed by atoms with Crippen LogP contribution in [-0.4, -0.2) is 15.6 Å². The molecule has 0 bridgehead atoms. The topological polar surface area (TPSA) is 34.9 Å². The molecular weight excluding hydrogens is 299 g/mol. The number of rotatable bonds is 4. The SMILES string of the molecule is CCCn1cc(C(=O)c2cc(F)ccc2Br)cn1. The molecule has 94 valence electrons. The van der Waals surface area contributed by atoms with E-state index >= 15 is 0 Å². The van der Waals surface area contributed by atoms with Crippen molar-refractivity contribution in [2.24, 2.45) is 0 Å². The highest BCUT2D eigenvalue weighted by Crippen LogP contribution is 2.21. The molecule has 18 heavy (non-hydrogen) atoms. The minimum Gasteiger partial charge on any atom is -0.288 e. The third kappa shape index (κ3) is 2.67. The summed E-state index contributed by atoms with van der Waals surface area (Å²) in [6.07, 6.45) is 4.14. The van der Waals surface area contributed by atoms with Gasteiger partial charge in [-0.05, 0) is 24.6 Å². The molecule has 0 saturated heterocycles. The van der Waals surface area contributed by atoms with Gasteiger partial charge in [0.25, 0.3) is 0 Å². The largest absolute Gasteiger partial charge is 0.288 e. The molecule has 0 aliphatic carbocycles. The highest BCUT2D eigenvalue weighted by Gasteiger charge is 2.15. The van der Waals surface area contributed by atoms with Crippen LogP contribution in [0.2, 0.25) is 0 Å². The van der Waals surface area contributed by atoms with Crippen LogP contribution < -0.4 is 0 Å². The number of carbonyl (C=O) groups is 1. The molecule has 3 nitrogen and oxygen atoms in total. The van der Waals surface area contributed by atoms with Gasteiger partial charge >= 0.3 is 0 Å². The number of ketones is 1. The van der Waals surface area contributed by atoms with Gasteiger partial charge in [-0.15, -0.1) is 0 Å². The van der Waals surface area contributed by atoms with Gasteiger partial charge in [-0.25, -0.2) is 4.39 Å². The average molecular weight is 311 g/mol. The standard InChI is InChI=1S/C13H12BrFN2O/c1-2-5-17-8-9(7-16-17)13(18)11-6-10(15)3-4-12(11)14/h3-4,6-8H,2,5H2,1H3. The maximum atomic E-state index is 13.2. The Kier molecular flexibility index (Phi) is 3.91. The first-order valence-corrected chi connectivity index (χ1v) is 6.43. The summed E-state index contributed by atoms with van der Waals surface area (Å²) in [4.78, 5) is 12.2. The van der Waals surface area contributed by atoms with Crippen LogP contribution in [0.15, 0.2) is 35.1 Å². The van der Waals surface area contributed by atoms with Crippen molar-refractivity contribution >= 4 is 21.7 Å².